The first-order valence-electron chi connectivity index (χ1n) is 7.79. The molecule has 0 saturated heterocycles. The van der Waals surface area contributed by atoms with Gasteiger partial charge in [-0.3, -0.25) is 4.79 Å². The normalized spacial score (nSPS) is 11.5. The van der Waals surface area contributed by atoms with Gasteiger partial charge in [0.05, 0.1) is 21.1 Å². The molecule has 0 spiro atoms. The SMILES string of the molecule is Cc1nc(-c2ccc(CCNC(=O)c3ccc(C(F)(F)F)cc3)s2)cs1. The van der Waals surface area contributed by atoms with Crippen LogP contribution in [-0.2, 0) is 12.6 Å². The number of thiophene rings is 1. The number of thiazole rings is 1. The van der Waals surface area contributed by atoms with E-state index in [-0.39, 0.29) is 11.5 Å². The van der Waals surface area contributed by atoms with Crippen LogP contribution in [0.5, 0.6) is 0 Å². The third kappa shape index (κ3) is 4.50. The number of benzene rings is 1. The molecule has 2 aromatic heterocycles. The lowest BCUT2D eigenvalue weighted by Crippen LogP contribution is -2.25. The van der Waals surface area contributed by atoms with Crippen molar-refractivity contribution < 1.29 is 18.0 Å². The molecule has 0 radical (unpaired) electrons. The van der Waals surface area contributed by atoms with Crippen molar-refractivity contribution in [2.75, 3.05) is 6.54 Å². The van der Waals surface area contributed by atoms with Gasteiger partial charge < -0.3 is 5.32 Å². The van der Waals surface area contributed by atoms with Crippen LogP contribution in [0.2, 0.25) is 0 Å². The van der Waals surface area contributed by atoms with Gasteiger partial charge in [0.2, 0.25) is 0 Å². The van der Waals surface area contributed by atoms with Crippen LogP contribution in [0.25, 0.3) is 10.6 Å². The Morgan fingerprint density at radius 3 is 2.50 bits per heavy atom. The summed E-state index contributed by atoms with van der Waals surface area (Å²) in [4.78, 5) is 18.7. The zero-order valence-electron chi connectivity index (χ0n) is 13.8. The summed E-state index contributed by atoms with van der Waals surface area (Å²) in [6, 6.07) is 8.20. The van der Waals surface area contributed by atoms with Gasteiger partial charge in [0.1, 0.15) is 0 Å². The summed E-state index contributed by atoms with van der Waals surface area (Å²) in [6.07, 6.45) is -3.75. The Hall–Kier alpha value is -2.19. The van der Waals surface area contributed by atoms with Gasteiger partial charge in [0, 0.05) is 22.4 Å². The largest absolute Gasteiger partial charge is 0.416 e. The number of carbonyl (C=O) groups is 1. The molecule has 26 heavy (non-hydrogen) atoms. The van der Waals surface area contributed by atoms with Crippen molar-refractivity contribution in [2.24, 2.45) is 0 Å². The molecule has 0 aliphatic rings. The number of carbonyl (C=O) groups excluding carboxylic acids is 1. The molecule has 1 aromatic carbocycles. The minimum atomic E-state index is -4.40. The molecule has 8 heteroatoms. The highest BCUT2D eigenvalue weighted by atomic mass is 32.1. The van der Waals surface area contributed by atoms with E-state index in [0.717, 1.165) is 32.6 Å². The molecule has 3 rings (SSSR count). The van der Waals surface area contributed by atoms with Crippen molar-refractivity contribution in [3.63, 3.8) is 0 Å². The fourth-order valence-corrected chi connectivity index (χ4v) is 3.99. The summed E-state index contributed by atoms with van der Waals surface area (Å²) in [7, 11) is 0. The van der Waals surface area contributed by atoms with Gasteiger partial charge in [0.25, 0.3) is 5.91 Å². The molecule has 3 nitrogen and oxygen atoms in total. The van der Waals surface area contributed by atoms with Crippen molar-refractivity contribution in [3.8, 4) is 10.6 Å². The first-order valence-corrected chi connectivity index (χ1v) is 9.49. The second-order valence-electron chi connectivity index (χ2n) is 5.60. The summed E-state index contributed by atoms with van der Waals surface area (Å²) < 4.78 is 37.6. The van der Waals surface area contributed by atoms with E-state index in [0.29, 0.717) is 13.0 Å². The molecule has 3 aromatic rings. The number of rotatable bonds is 5. The first kappa shape index (κ1) is 18.6. The van der Waals surface area contributed by atoms with Crippen LogP contribution in [0.4, 0.5) is 13.2 Å². The summed E-state index contributed by atoms with van der Waals surface area (Å²) >= 11 is 3.22. The smallest absolute Gasteiger partial charge is 0.352 e. The zero-order valence-corrected chi connectivity index (χ0v) is 15.4. The van der Waals surface area contributed by atoms with E-state index < -0.39 is 11.7 Å². The third-order valence-corrected chi connectivity index (χ3v) is 5.61. The average Bonchev–Trinajstić information content (AvgIpc) is 3.23. The number of hydrogen-bond donors (Lipinski definition) is 1. The van der Waals surface area contributed by atoms with Crippen molar-refractivity contribution >= 4 is 28.6 Å². The fourth-order valence-electron chi connectivity index (χ4n) is 2.34. The maximum Gasteiger partial charge on any atom is 0.416 e. The standard InChI is InChI=1S/C18H15F3N2OS2/c1-11-23-15(10-25-11)16-7-6-14(26-16)8-9-22-17(24)12-2-4-13(5-3-12)18(19,20)21/h2-7,10H,8-9H2,1H3,(H,22,24). The van der Waals surface area contributed by atoms with Crippen LogP contribution in [0.3, 0.4) is 0 Å². The minimum absolute atomic E-state index is 0.211. The lowest BCUT2D eigenvalue weighted by molar-refractivity contribution is -0.137. The zero-order chi connectivity index (χ0) is 18.7. The van der Waals surface area contributed by atoms with Crippen LogP contribution in [0.1, 0.15) is 25.8 Å². The molecule has 0 aliphatic carbocycles. The summed E-state index contributed by atoms with van der Waals surface area (Å²) in [5.41, 5.74) is 0.401. The Morgan fingerprint density at radius 1 is 1.15 bits per heavy atom. The number of nitrogens with zero attached hydrogens (tertiary/aromatic N) is 1. The molecule has 136 valence electrons. The number of nitrogens with one attached hydrogen (secondary N) is 1. The highest BCUT2D eigenvalue weighted by molar-refractivity contribution is 7.16. The van der Waals surface area contributed by atoms with Gasteiger partial charge >= 0.3 is 6.18 Å². The number of aryl methyl sites for hydroxylation is 1. The Labute approximate surface area is 156 Å². The Morgan fingerprint density at radius 2 is 1.88 bits per heavy atom. The number of alkyl halides is 3. The van der Waals surface area contributed by atoms with Gasteiger partial charge in [-0.2, -0.15) is 13.2 Å². The number of hydrogen-bond acceptors (Lipinski definition) is 4. The van der Waals surface area contributed by atoms with Crippen LogP contribution >= 0.6 is 22.7 Å². The summed E-state index contributed by atoms with van der Waals surface area (Å²) in [6.45, 7) is 2.37. The molecule has 0 atom stereocenters. The van der Waals surface area contributed by atoms with Crippen molar-refractivity contribution in [1.82, 2.24) is 10.3 Å². The predicted octanol–water partition coefficient (Wildman–Crippen LogP) is 5.17. The van der Waals surface area contributed by atoms with Gasteiger partial charge in [-0.25, -0.2) is 4.98 Å². The van der Waals surface area contributed by atoms with E-state index in [2.05, 4.69) is 10.3 Å². The van der Waals surface area contributed by atoms with Gasteiger partial charge in [-0.1, -0.05) is 0 Å². The lowest BCUT2D eigenvalue weighted by atomic mass is 10.1. The Kier molecular flexibility index (Phi) is 5.43. The van der Waals surface area contributed by atoms with Crippen molar-refractivity contribution in [2.45, 2.75) is 19.5 Å². The lowest BCUT2D eigenvalue weighted by Gasteiger charge is -2.08. The molecule has 0 bridgehead atoms. The monoisotopic (exact) mass is 396 g/mol. The van der Waals surface area contributed by atoms with E-state index in [1.54, 1.807) is 22.7 Å². The molecule has 0 saturated carbocycles. The fraction of sp³-hybridized carbons (Fsp3) is 0.222. The van der Waals surface area contributed by atoms with Crippen LogP contribution in [0, 0.1) is 6.92 Å². The molecule has 1 N–H and O–H groups in total. The van der Waals surface area contributed by atoms with Gasteiger partial charge in [-0.05, 0) is 49.7 Å². The number of amides is 1. The maximum absolute atomic E-state index is 12.5. The second-order valence-corrected chi connectivity index (χ2v) is 7.83. The molecule has 0 unspecified atom stereocenters. The molecule has 0 aliphatic heterocycles. The van der Waals surface area contributed by atoms with E-state index in [1.165, 1.54) is 12.1 Å². The van der Waals surface area contributed by atoms with E-state index in [4.69, 9.17) is 0 Å². The number of halogens is 3. The van der Waals surface area contributed by atoms with Crippen LogP contribution in [-0.4, -0.2) is 17.4 Å². The molecule has 2 heterocycles. The van der Waals surface area contributed by atoms with Crippen LogP contribution in [0.15, 0.2) is 41.8 Å². The third-order valence-electron chi connectivity index (χ3n) is 3.66. The molecule has 0 fully saturated rings. The Bertz CT molecular complexity index is 898. The molecular weight excluding hydrogens is 381 g/mol. The second kappa shape index (κ2) is 7.59. The average molecular weight is 396 g/mol. The highest BCUT2D eigenvalue weighted by Crippen LogP contribution is 2.30. The van der Waals surface area contributed by atoms with Crippen molar-refractivity contribution in [3.05, 3.63) is 62.8 Å². The minimum Gasteiger partial charge on any atom is -0.352 e. The van der Waals surface area contributed by atoms with Gasteiger partial charge in [-0.15, -0.1) is 22.7 Å². The Balaban J connectivity index is 1.53. The van der Waals surface area contributed by atoms with Gasteiger partial charge in [0.15, 0.2) is 0 Å². The quantitative estimate of drug-likeness (QED) is 0.646. The topological polar surface area (TPSA) is 42.0 Å². The van der Waals surface area contributed by atoms with E-state index in [1.807, 2.05) is 24.4 Å². The summed E-state index contributed by atoms with van der Waals surface area (Å²) in [5.74, 6) is -0.384. The van der Waals surface area contributed by atoms with E-state index >= 15 is 0 Å². The van der Waals surface area contributed by atoms with E-state index in [9.17, 15) is 18.0 Å². The number of aromatic nitrogens is 1. The molecular formula is C18H15F3N2OS2. The highest BCUT2D eigenvalue weighted by Gasteiger charge is 2.30. The summed E-state index contributed by atoms with van der Waals surface area (Å²) in [5, 5.41) is 5.76. The first-order chi connectivity index (χ1) is 12.3. The maximum atomic E-state index is 12.5. The molecule has 1 amide bonds. The van der Waals surface area contributed by atoms with Crippen LogP contribution < -0.4 is 5.32 Å². The van der Waals surface area contributed by atoms with Crippen molar-refractivity contribution in [1.29, 1.82) is 0 Å². The predicted molar refractivity (Wildman–Crippen MR) is 97.6 cm³/mol.